The number of hydrogen-bond donors (Lipinski definition) is 1. The van der Waals surface area contributed by atoms with Crippen molar-refractivity contribution in [2.45, 2.75) is 52.2 Å². The first-order valence-electron chi connectivity index (χ1n) is 7.41. The van der Waals surface area contributed by atoms with E-state index >= 15 is 0 Å². The van der Waals surface area contributed by atoms with Crippen molar-refractivity contribution in [2.24, 2.45) is 0 Å². The van der Waals surface area contributed by atoms with Gasteiger partial charge in [-0.25, -0.2) is 4.68 Å². The van der Waals surface area contributed by atoms with Gasteiger partial charge in [-0.1, -0.05) is 16.9 Å². The summed E-state index contributed by atoms with van der Waals surface area (Å²) in [6.07, 6.45) is 5.84. The Hall–Kier alpha value is -1.20. The molecule has 0 amide bonds. The highest BCUT2D eigenvalue weighted by Crippen LogP contribution is 2.30. The zero-order valence-corrected chi connectivity index (χ0v) is 13.0. The molecule has 0 saturated carbocycles. The number of hydrogen-bond acceptors (Lipinski definition) is 4. The van der Waals surface area contributed by atoms with E-state index in [0.717, 1.165) is 25.9 Å². The Labute approximate surface area is 121 Å². The van der Waals surface area contributed by atoms with Crippen molar-refractivity contribution in [3.8, 4) is 0 Å². The summed E-state index contributed by atoms with van der Waals surface area (Å²) >= 11 is 0. The molecule has 0 aromatic carbocycles. The Morgan fingerprint density at radius 3 is 2.85 bits per heavy atom. The number of aliphatic hydroxyl groups is 1. The molecule has 0 spiro atoms. The predicted octanol–water partition coefficient (Wildman–Crippen LogP) is 2.11. The Morgan fingerprint density at radius 1 is 1.50 bits per heavy atom. The van der Waals surface area contributed by atoms with Gasteiger partial charge in [-0.2, -0.15) is 0 Å². The zero-order chi connectivity index (χ0) is 14.8. The fourth-order valence-corrected chi connectivity index (χ4v) is 2.54. The van der Waals surface area contributed by atoms with E-state index in [1.54, 1.807) is 0 Å². The van der Waals surface area contributed by atoms with Gasteiger partial charge in [0.15, 0.2) is 0 Å². The second-order valence-corrected chi connectivity index (χ2v) is 6.33. The Balaban J connectivity index is 2.10. The second-order valence-electron chi connectivity index (χ2n) is 6.33. The van der Waals surface area contributed by atoms with Crippen molar-refractivity contribution in [3.63, 3.8) is 0 Å². The van der Waals surface area contributed by atoms with Crippen molar-refractivity contribution in [3.05, 3.63) is 23.5 Å². The zero-order valence-electron chi connectivity index (χ0n) is 13.0. The van der Waals surface area contributed by atoms with Crippen molar-refractivity contribution < 1.29 is 5.11 Å². The summed E-state index contributed by atoms with van der Waals surface area (Å²) in [6, 6.07) is 0.269. The number of likely N-dealkylation sites (tertiary alicyclic amines) is 1. The monoisotopic (exact) mass is 278 g/mol. The van der Waals surface area contributed by atoms with Gasteiger partial charge >= 0.3 is 0 Å². The molecular weight excluding hydrogens is 252 g/mol. The van der Waals surface area contributed by atoms with Crippen LogP contribution in [0.3, 0.4) is 0 Å². The summed E-state index contributed by atoms with van der Waals surface area (Å²) in [5, 5.41) is 19.2. The fourth-order valence-electron chi connectivity index (χ4n) is 2.54. The first-order valence-corrected chi connectivity index (χ1v) is 7.41. The van der Waals surface area contributed by atoms with Gasteiger partial charge in [0.2, 0.25) is 0 Å². The van der Waals surface area contributed by atoms with Crippen molar-refractivity contribution in [2.75, 3.05) is 19.6 Å². The summed E-state index contributed by atoms with van der Waals surface area (Å²) in [6.45, 7) is 10.9. The van der Waals surface area contributed by atoms with E-state index in [1.807, 2.05) is 10.9 Å². The van der Waals surface area contributed by atoms with Gasteiger partial charge in [0, 0.05) is 19.1 Å². The maximum Gasteiger partial charge on any atom is 0.123 e. The molecule has 1 atom stereocenters. The van der Waals surface area contributed by atoms with Crippen LogP contribution in [0.1, 0.15) is 52.3 Å². The summed E-state index contributed by atoms with van der Waals surface area (Å²) in [5.74, 6) is 0. The second kappa shape index (κ2) is 6.06. The summed E-state index contributed by atoms with van der Waals surface area (Å²) < 4.78 is 1.81. The molecule has 1 saturated heterocycles. The Kier molecular flexibility index (Phi) is 4.60. The number of nitrogens with zero attached hydrogens (tertiary/aromatic N) is 4. The van der Waals surface area contributed by atoms with Crippen LogP contribution in [-0.2, 0) is 5.60 Å². The molecular formula is C15H26N4O. The fraction of sp³-hybridized carbons (Fsp3) is 0.733. The number of piperidine rings is 1. The van der Waals surface area contributed by atoms with E-state index in [9.17, 15) is 5.11 Å². The van der Waals surface area contributed by atoms with Crippen LogP contribution in [0.25, 0.3) is 0 Å². The van der Waals surface area contributed by atoms with Crippen molar-refractivity contribution in [1.82, 2.24) is 19.9 Å². The van der Waals surface area contributed by atoms with Crippen LogP contribution in [0.15, 0.2) is 17.8 Å². The molecule has 1 aromatic rings. The maximum atomic E-state index is 10.9. The molecule has 20 heavy (non-hydrogen) atoms. The minimum atomic E-state index is -0.860. The lowest BCUT2D eigenvalue weighted by molar-refractivity contribution is -0.0356. The molecule has 5 heteroatoms. The number of rotatable bonds is 4. The number of β-amino-alcohol motifs (C(OH)–C–C–N with tert-alkyl or cyclic N) is 1. The van der Waals surface area contributed by atoms with Gasteiger partial charge in [-0.3, -0.25) is 4.90 Å². The van der Waals surface area contributed by atoms with Crippen LogP contribution in [0, 0.1) is 0 Å². The molecule has 1 N–H and O–H groups in total. The molecule has 1 fully saturated rings. The number of allylic oxidation sites excluding steroid dienone is 1. The standard InChI is InChI=1S/C15H26N4O/c1-12(2)6-9-18-8-5-7-15(20,11-18)14-10-19(13(3)4)17-16-14/h6,10,13,20H,5,7-9,11H2,1-4H3/t15-/m1/s1. The predicted molar refractivity (Wildman–Crippen MR) is 79.4 cm³/mol. The van der Waals surface area contributed by atoms with Crippen molar-refractivity contribution >= 4 is 0 Å². The number of aromatic nitrogens is 3. The van der Waals surface area contributed by atoms with Crippen LogP contribution in [0.2, 0.25) is 0 Å². The lowest BCUT2D eigenvalue weighted by Gasteiger charge is -2.37. The Bertz CT molecular complexity index is 476. The first-order chi connectivity index (χ1) is 9.40. The SMILES string of the molecule is CC(C)=CCN1CCC[C@](O)(c2cn(C(C)C)nn2)C1. The van der Waals surface area contributed by atoms with Crippen LogP contribution >= 0.6 is 0 Å². The van der Waals surface area contributed by atoms with E-state index in [1.165, 1.54) is 5.57 Å². The highest BCUT2D eigenvalue weighted by Gasteiger charge is 2.37. The average Bonchev–Trinajstić information content (AvgIpc) is 2.87. The third-order valence-corrected chi connectivity index (χ3v) is 3.82. The highest BCUT2D eigenvalue weighted by atomic mass is 16.3. The molecule has 1 aliphatic heterocycles. The molecule has 0 radical (unpaired) electrons. The van der Waals surface area contributed by atoms with Gasteiger partial charge in [0.1, 0.15) is 11.3 Å². The van der Waals surface area contributed by atoms with Crippen molar-refractivity contribution in [1.29, 1.82) is 0 Å². The van der Waals surface area contributed by atoms with E-state index < -0.39 is 5.60 Å². The van der Waals surface area contributed by atoms with Crippen LogP contribution in [0.4, 0.5) is 0 Å². The summed E-state index contributed by atoms with van der Waals surface area (Å²) in [7, 11) is 0. The van der Waals surface area contributed by atoms with E-state index in [4.69, 9.17) is 0 Å². The molecule has 2 heterocycles. The first kappa shape index (κ1) is 15.2. The van der Waals surface area contributed by atoms with E-state index in [0.29, 0.717) is 12.2 Å². The highest BCUT2D eigenvalue weighted by molar-refractivity contribution is 5.10. The molecule has 1 aromatic heterocycles. The maximum absolute atomic E-state index is 10.9. The molecule has 0 unspecified atom stereocenters. The van der Waals surface area contributed by atoms with Gasteiger partial charge in [0.05, 0.1) is 6.20 Å². The quantitative estimate of drug-likeness (QED) is 0.857. The van der Waals surface area contributed by atoms with Gasteiger partial charge in [0.25, 0.3) is 0 Å². The van der Waals surface area contributed by atoms with Crippen LogP contribution in [-0.4, -0.2) is 44.6 Å². The Morgan fingerprint density at radius 2 is 2.25 bits per heavy atom. The van der Waals surface area contributed by atoms with Gasteiger partial charge in [-0.15, -0.1) is 5.10 Å². The molecule has 0 bridgehead atoms. The van der Waals surface area contributed by atoms with Crippen LogP contribution < -0.4 is 0 Å². The lowest BCUT2D eigenvalue weighted by atomic mass is 9.90. The van der Waals surface area contributed by atoms with E-state index in [2.05, 4.69) is 49.0 Å². The molecule has 2 rings (SSSR count). The lowest BCUT2D eigenvalue weighted by Crippen LogP contribution is -2.46. The largest absolute Gasteiger partial charge is 0.382 e. The smallest absolute Gasteiger partial charge is 0.123 e. The third kappa shape index (κ3) is 3.46. The van der Waals surface area contributed by atoms with Gasteiger partial charge in [-0.05, 0) is 47.1 Å². The minimum absolute atomic E-state index is 0.269. The van der Waals surface area contributed by atoms with Gasteiger partial charge < -0.3 is 5.11 Å². The summed E-state index contributed by atoms with van der Waals surface area (Å²) in [5.41, 5.74) is 1.15. The minimum Gasteiger partial charge on any atom is -0.382 e. The molecule has 0 aliphatic carbocycles. The van der Waals surface area contributed by atoms with Crippen LogP contribution in [0.5, 0.6) is 0 Å². The normalized spacial score (nSPS) is 24.1. The molecule has 5 nitrogen and oxygen atoms in total. The van der Waals surface area contributed by atoms with E-state index in [-0.39, 0.29) is 6.04 Å². The summed E-state index contributed by atoms with van der Waals surface area (Å²) in [4.78, 5) is 2.28. The topological polar surface area (TPSA) is 54.2 Å². The molecule has 112 valence electrons. The third-order valence-electron chi connectivity index (χ3n) is 3.82. The average molecular weight is 278 g/mol. The molecule has 1 aliphatic rings.